The molecule has 1 aliphatic rings. The van der Waals surface area contributed by atoms with Crippen LogP contribution in [0.1, 0.15) is 5.76 Å². The van der Waals surface area contributed by atoms with E-state index >= 15 is 0 Å². The Labute approximate surface area is 168 Å². The van der Waals surface area contributed by atoms with Crippen molar-refractivity contribution in [1.82, 2.24) is 0 Å². The number of furan rings is 1. The zero-order valence-electron chi connectivity index (χ0n) is 13.4. The quantitative estimate of drug-likeness (QED) is 0.362. The lowest BCUT2D eigenvalue weighted by Crippen LogP contribution is -2.27. The van der Waals surface area contributed by atoms with Crippen LogP contribution >= 0.6 is 39.9 Å². The highest BCUT2D eigenvalue weighted by Crippen LogP contribution is 2.36. The zero-order valence-corrected chi connectivity index (χ0v) is 16.6. The van der Waals surface area contributed by atoms with Crippen LogP contribution in [0.15, 0.2) is 80.5 Å². The lowest BCUT2D eigenvalue weighted by molar-refractivity contribution is -0.113. The van der Waals surface area contributed by atoms with Crippen LogP contribution in [0.5, 0.6) is 0 Å². The number of para-hydroxylation sites is 1. The summed E-state index contributed by atoms with van der Waals surface area (Å²) in [6.07, 6.45) is 1.74. The van der Waals surface area contributed by atoms with Crippen molar-refractivity contribution in [1.29, 1.82) is 0 Å². The van der Waals surface area contributed by atoms with Gasteiger partial charge in [0.25, 0.3) is 5.91 Å². The molecule has 0 spiro atoms. The Morgan fingerprint density at radius 2 is 1.73 bits per heavy atom. The molecule has 128 valence electrons. The highest BCUT2D eigenvalue weighted by Gasteiger charge is 2.33. The van der Waals surface area contributed by atoms with Gasteiger partial charge in [-0.15, -0.1) is 0 Å². The molecular weight excluding hydrogens is 430 g/mol. The Balaban J connectivity index is 1.60. The number of hydrogen-bond donors (Lipinski definition) is 0. The molecule has 0 N–H and O–H groups in total. The minimum absolute atomic E-state index is 0.132. The molecule has 1 saturated heterocycles. The number of rotatable bonds is 3. The molecule has 6 heteroatoms. The van der Waals surface area contributed by atoms with E-state index < -0.39 is 0 Å². The zero-order chi connectivity index (χ0) is 18.1. The molecular formula is C20H12BrNO2S2. The monoisotopic (exact) mass is 441 g/mol. The normalized spacial score (nSPS) is 15.9. The van der Waals surface area contributed by atoms with Crippen molar-refractivity contribution in [3.63, 3.8) is 0 Å². The van der Waals surface area contributed by atoms with Gasteiger partial charge in [0.1, 0.15) is 11.5 Å². The van der Waals surface area contributed by atoms with E-state index in [1.807, 2.05) is 66.7 Å². The average Bonchev–Trinajstić information content (AvgIpc) is 3.21. The van der Waals surface area contributed by atoms with Gasteiger partial charge in [-0.25, -0.2) is 0 Å². The van der Waals surface area contributed by atoms with Crippen LogP contribution in [0, 0.1) is 0 Å². The van der Waals surface area contributed by atoms with Gasteiger partial charge in [0.05, 0.1) is 10.6 Å². The fraction of sp³-hybridized carbons (Fsp3) is 0. The minimum Gasteiger partial charge on any atom is -0.457 e. The van der Waals surface area contributed by atoms with Gasteiger partial charge in [0.2, 0.25) is 0 Å². The molecule has 0 bridgehead atoms. The Kier molecular flexibility index (Phi) is 4.80. The molecule has 1 aromatic heterocycles. The molecule has 0 saturated carbocycles. The highest BCUT2D eigenvalue weighted by atomic mass is 79.9. The SMILES string of the molecule is O=C1/C(=C/c2ccc(-c3ccc(Br)cc3)o2)SC(=S)N1c1ccccc1. The van der Waals surface area contributed by atoms with Crippen molar-refractivity contribution in [2.45, 2.75) is 0 Å². The molecule has 26 heavy (non-hydrogen) atoms. The Hall–Kier alpha value is -2.15. The number of halogens is 1. The van der Waals surface area contributed by atoms with E-state index in [2.05, 4.69) is 15.9 Å². The number of thioether (sulfide) groups is 1. The van der Waals surface area contributed by atoms with E-state index in [9.17, 15) is 4.79 Å². The van der Waals surface area contributed by atoms with Gasteiger partial charge in [0, 0.05) is 16.1 Å². The second-order valence-electron chi connectivity index (χ2n) is 5.56. The number of benzene rings is 2. The molecule has 3 aromatic rings. The number of thiocarbonyl (C=S) groups is 1. The van der Waals surface area contributed by atoms with Gasteiger partial charge in [-0.3, -0.25) is 9.69 Å². The van der Waals surface area contributed by atoms with Crippen LogP contribution in [0.25, 0.3) is 17.4 Å². The second kappa shape index (κ2) is 7.23. The predicted molar refractivity (Wildman–Crippen MR) is 114 cm³/mol. The number of anilines is 1. The van der Waals surface area contributed by atoms with Crippen LogP contribution in [-0.2, 0) is 4.79 Å². The summed E-state index contributed by atoms with van der Waals surface area (Å²) in [4.78, 5) is 14.8. The first kappa shape index (κ1) is 17.3. The topological polar surface area (TPSA) is 33.5 Å². The molecule has 0 radical (unpaired) electrons. The smallest absolute Gasteiger partial charge is 0.270 e. The van der Waals surface area contributed by atoms with Gasteiger partial charge in [-0.05, 0) is 36.4 Å². The van der Waals surface area contributed by atoms with Crippen molar-refractivity contribution in [2.24, 2.45) is 0 Å². The molecule has 0 unspecified atom stereocenters. The molecule has 0 atom stereocenters. The molecule has 2 heterocycles. The van der Waals surface area contributed by atoms with Crippen LogP contribution in [0.4, 0.5) is 5.69 Å². The summed E-state index contributed by atoms with van der Waals surface area (Å²) in [5.41, 5.74) is 1.75. The molecule has 1 fully saturated rings. The maximum Gasteiger partial charge on any atom is 0.270 e. The molecule has 2 aromatic carbocycles. The minimum atomic E-state index is -0.132. The first-order valence-electron chi connectivity index (χ1n) is 7.80. The molecule has 4 rings (SSSR count). The van der Waals surface area contributed by atoms with Crippen molar-refractivity contribution < 1.29 is 9.21 Å². The number of nitrogens with zero attached hydrogens (tertiary/aromatic N) is 1. The summed E-state index contributed by atoms with van der Waals surface area (Å²) in [5, 5.41) is 0. The number of carbonyl (C=O) groups is 1. The van der Waals surface area contributed by atoms with Crippen LogP contribution < -0.4 is 4.90 Å². The Morgan fingerprint density at radius 1 is 1.00 bits per heavy atom. The second-order valence-corrected chi connectivity index (χ2v) is 8.15. The van der Waals surface area contributed by atoms with Crippen molar-refractivity contribution in [2.75, 3.05) is 4.90 Å². The van der Waals surface area contributed by atoms with Gasteiger partial charge < -0.3 is 4.42 Å². The summed E-state index contributed by atoms with van der Waals surface area (Å²) in [6, 6.07) is 21.0. The van der Waals surface area contributed by atoms with Crippen molar-refractivity contribution in [3.05, 3.63) is 81.9 Å². The number of carbonyl (C=O) groups excluding carboxylic acids is 1. The van der Waals surface area contributed by atoms with E-state index in [-0.39, 0.29) is 5.91 Å². The molecule has 1 amide bonds. The van der Waals surface area contributed by atoms with E-state index in [1.54, 1.807) is 11.0 Å². The lowest BCUT2D eigenvalue weighted by Gasteiger charge is -2.13. The summed E-state index contributed by atoms with van der Waals surface area (Å²) >= 11 is 10.1. The highest BCUT2D eigenvalue weighted by molar-refractivity contribution is 9.10. The Bertz CT molecular complexity index is 1010. The number of amides is 1. The maximum absolute atomic E-state index is 12.7. The largest absolute Gasteiger partial charge is 0.457 e. The van der Waals surface area contributed by atoms with Gasteiger partial charge in [-0.1, -0.05) is 70.2 Å². The van der Waals surface area contributed by atoms with Gasteiger partial charge in [0.15, 0.2) is 4.32 Å². The van der Waals surface area contributed by atoms with Crippen LogP contribution in [0.3, 0.4) is 0 Å². The summed E-state index contributed by atoms with van der Waals surface area (Å²) in [7, 11) is 0. The summed E-state index contributed by atoms with van der Waals surface area (Å²) in [6.45, 7) is 0. The first-order valence-corrected chi connectivity index (χ1v) is 9.82. The van der Waals surface area contributed by atoms with E-state index in [0.717, 1.165) is 21.5 Å². The lowest BCUT2D eigenvalue weighted by atomic mass is 10.2. The standard InChI is InChI=1S/C20H12BrNO2S2/c21-14-8-6-13(7-9-14)17-11-10-16(24-17)12-18-19(23)22(20(25)26-18)15-4-2-1-3-5-15/h1-12H/b18-12-. The fourth-order valence-electron chi connectivity index (χ4n) is 2.60. The molecule has 1 aliphatic heterocycles. The van der Waals surface area contributed by atoms with E-state index in [0.29, 0.717) is 15.0 Å². The fourth-order valence-corrected chi connectivity index (χ4v) is 4.14. The molecule has 0 aliphatic carbocycles. The average molecular weight is 442 g/mol. The van der Waals surface area contributed by atoms with Gasteiger partial charge >= 0.3 is 0 Å². The van der Waals surface area contributed by atoms with Crippen LogP contribution in [-0.4, -0.2) is 10.2 Å². The third kappa shape index (κ3) is 3.40. The van der Waals surface area contributed by atoms with Crippen molar-refractivity contribution in [3.8, 4) is 11.3 Å². The summed E-state index contributed by atoms with van der Waals surface area (Å²) in [5.74, 6) is 1.24. The number of hydrogen-bond acceptors (Lipinski definition) is 4. The maximum atomic E-state index is 12.7. The summed E-state index contributed by atoms with van der Waals surface area (Å²) < 4.78 is 7.41. The third-order valence-corrected chi connectivity index (χ3v) is 5.67. The predicted octanol–water partition coefficient (Wildman–Crippen LogP) is 6.11. The van der Waals surface area contributed by atoms with Gasteiger partial charge in [-0.2, -0.15) is 0 Å². The first-order chi connectivity index (χ1) is 12.6. The molecule has 3 nitrogen and oxygen atoms in total. The Morgan fingerprint density at radius 3 is 2.46 bits per heavy atom. The van der Waals surface area contributed by atoms with Crippen LogP contribution in [0.2, 0.25) is 0 Å². The third-order valence-electron chi connectivity index (χ3n) is 3.84. The van der Waals surface area contributed by atoms with Crippen molar-refractivity contribution >= 4 is 61.9 Å². The van der Waals surface area contributed by atoms with E-state index in [4.69, 9.17) is 16.6 Å². The van der Waals surface area contributed by atoms with E-state index in [1.165, 1.54) is 11.8 Å².